The molecule has 1 saturated carbocycles. The number of pyridine rings is 1. The second-order valence-corrected chi connectivity index (χ2v) is 9.37. The average Bonchev–Trinajstić information content (AvgIpc) is 3.48. The highest BCUT2D eigenvalue weighted by Gasteiger charge is 2.42. The minimum atomic E-state index is -0.131. The van der Waals surface area contributed by atoms with E-state index in [0.29, 0.717) is 28.3 Å². The van der Waals surface area contributed by atoms with Crippen LogP contribution >= 0.6 is 11.6 Å². The number of piperidine rings is 1. The molecule has 2 atom stereocenters. The average molecular weight is 432 g/mol. The van der Waals surface area contributed by atoms with E-state index in [1.165, 1.54) is 19.3 Å². The van der Waals surface area contributed by atoms with Crippen molar-refractivity contribution in [2.75, 3.05) is 13.1 Å². The zero-order valence-corrected chi connectivity index (χ0v) is 17.9. The SMILES string of the molecule is O=c1[nH]ccc2cc(OC3CCC(NC4OC4CC4CCNCC4)CC3)c(Cl)cc12. The quantitative estimate of drug-likeness (QED) is 0.609. The number of nitrogens with one attached hydrogen (secondary N) is 3. The first-order chi connectivity index (χ1) is 14.7. The van der Waals surface area contributed by atoms with E-state index < -0.39 is 0 Å². The van der Waals surface area contributed by atoms with Gasteiger partial charge in [-0.05, 0) is 87.5 Å². The van der Waals surface area contributed by atoms with E-state index in [1.807, 2.05) is 12.1 Å². The first-order valence-electron chi connectivity index (χ1n) is 11.3. The number of halogens is 1. The van der Waals surface area contributed by atoms with Crippen LogP contribution in [-0.2, 0) is 4.74 Å². The molecule has 2 saturated heterocycles. The number of hydrogen-bond acceptors (Lipinski definition) is 5. The molecule has 0 radical (unpaired) electrons. The van der Waals surface area contributed by atoms with Gasteiger partial charge in [-0.2, -0.15) is 0 Å². The predicted molar refractivity (Wildman–Crippen MR) is 118 cm³/mol. The van der Waals surface area contributed by atoms with E-state index in [9.17, 15) is 4.79 Å². The smallest absolute Gasteiger partial charge is 0.255 e. The van der Waals surface area contributed by atoms with Gasteiger partial charge in [-0.15, -0.1) is 0 Å². The Hall–Kier alpha value is -1.60. The van der Waals surface area contributed by atoms with Crippen molar-refractivity contribution in [3.05, 3.63) is 39.8 Å². The normalized spacial score (nSPS) is 29.8. The molecule has 0 bridgehead atoms. The van der Waals surface area contributed by atoms with Crippen LogP contribution in [0.5, 0.6) is 5.75 Å². The van der Waals surface area contributed by atoms with Crippen molar-refractivity contribution in [3.8, 4) is 5.75 Å². The van der Waals surface area contributed by atoms with Gasteiger partial charge in [0.25, 0.3) is 5.56 Å². The molecule has 3 N–H and O–H groups in total. The lowest BCUT2D eigenvalue weighted by molar-refractivity contribution is 0.136. The summed E-state index contributed by atoms with van der Waals surface area (Å²) in [6.07, 6.45) is 10.4. The molecule has 2 aromatic rings. The summed E-state index contributed by atoms with van der Waals surface area (Å²) >= 11 is 6.39. The maximum Gasteiger partial charge on any atom is 0.255 e. The lowest BCUT2D eigenvalue weighted by Crippen LogP contribution is -2.38. The standard InChI is InChI=1S/C23H30ClN3O3/c24-19-13-18-15(7-10-26-22(18)28)12-20(19)29-17-3-1-16(2-4-17)27-23-21(30-23)11-14-5-8-25-9-6-14/h7,10,12-14,16-17,21,23,25,27H,1-6,8-9,11H2,(H,26,28). The summed E-state index contributed by atoms with van der Waals surface area (Å²) in [5.41, 5.74) is -0.131. The molecule has 30 heavy (non-hydrogen) atoms. The lowest BCUT2D eigenvalue weighted by Gasteiger charge is -2.29. The summed E-state index contributed by atoms with van der Waals surface area (Å²) in [7, 11) is 0. The lowest BCUT2D eigenvalue weighted by atomic mass is 9.91. The Kier molecular flexibility index (Phi) is 6.01. The summed E-state index contributed by atoms with van der Waals surface area (Å²) in [5, 5.41) is 9.06. The molecule has 3 heterocycles. The fourth-order valence-electron chi connectivity index (χ4n) is 4.95. The van der Waals surface area contributed by atoms with Crippen molar-refractivity contribution >= 4 is 22.4 Å². The first kappa shape index (κ1) is 20.3. The van der Waals surface area contributed by atoms with Crippen LogP contribution in [0.25, 0.3) is 10.8 Å². The fourth-order valence-corrected chi connectivity index (χ4v) is 5.16. The second kappa shape index (κ2) is 8.87. The molecule has 162 valence electrons. The van der Waals surface area contributed by atoms with Crippen LogP contribution in [0.4, 0.5) is 0 Å². The monoisotopic (exact) mass is 431 g/mol. The molecule has 2 aliphatic heterocycles. The van der Waals surface area contributed by atoms with Crippen LogP contribution < -0.4 is 20.9 Å². The first-order valence-corrected chi connectivity index (χ1v) is 11.6. The Morgan fingerprint density at radius 3 is 2.73 bits per heavy atom. The zero-order valence-electron chi connectivity index (χ0n) is 17.2. The minimum absolute atomic E-state index is 0.131. The van der Waals surface area contributed by atoms with Gasteiger partial charge in [0.05, 0.1) is 17.2 Å². The molecule has 5 rings (SSSR count). The largest absolute Gasteiger partial charge is 0.489 e. The molecule has 0 spiro atoms. The maximum absolute atomic E-state index is 11.9. The second-order valence-electron chi connectivity index (χ2n) is 8.96. The van der Waals surface area contributed by atoms with E-state index in [4.69, 9.17) is 21.1 Å². The van der Waals surface area contributed by atoms with Crippen LogP contribution in [0, 0.1) is 5.92 Å². The van der Waals surface area contributed by atoms with E-state index in [-0.39, 0.29) is 17.9 Å². The van der Waals surface area contributed by atoms with Crippen molar-refractivity contribution in [1.82, 2.24) is 15.6 Å². The minimum Gasteiger partial charge on any atom is -0.489 e. The van der Waals surface area contributed by atoms with E-state index in [2.05, 4.69) is 15.6 Å². The number of epoxide rings is 1. The molecule has 0 amide bonds. The van der Waals surface area contributed by atoms with Crippen molar-refractivity contribution in [2.45, 2.75) is 69.4 Å². The molecule has 3 fully saturated rings. The highest BCUT2D eigenvalue weighted by molar-refractivity contribution is 6.32. The molecular weight excluding hydrogens is 402 g/mol. The topological polar surface area (TPSA) is 78.7 Å². The fraction of sp³-hybridized carbons (Fsp3) is 0.609. The van der Waals surface area contributed by atoms with E-state index in [1.54, 1.807) is 12.3 Å². The molecule has 1 aromatic heterocycles. The number of rotatable bonds is 6. The maximum atomic E-state index is 11.9. The van der Waals surface area contributed by atoms with Gasteiger partial charge in [0.1, 0.15) is 12.0 Å². The highest BCUT2D eigenvalue weighted by Crippen LogP contribution is 2.34. The Morgan fingerprint density at radius 2 is 1.93 bits per heavy atom. The van der Waals surface area contributed by atoms with Gasteiger partial charge in [-0.25, -0.2) is 0 Å². The number of aromatic nitrogens is 1. The van der Waals surface area contributed by atoms with Crippen LogP contribution in [0.2, 0.25) is 5.02 Å². The third-order valence-electron chi connectivity index (χ3n) is 6.80. The Morgan fingerprint density at radius 1 is 1.13 bits per heavy atom. The van der Waals surface area contributed by atoms with Gasteiger partial charge in [-0.3, -0.25) is 10.1 Å². The Labute approximate surface area is 181 Å². The molecule has 6 nitrogen and oxygen atoms in total. The molecular formula is C23H30ClN3O3. The van der Waals surface area contributed by atoms with Crippen LogP contribution in [-0.4, -0.2) is 42.6 Å². The van der Waals surface area contributed by atoms with Crippen molar-refractivity contribution in [1.29, 1.82) is 0 Å². The summed E-state index contributed by atoms with van der Waals surface area (Å²) < 4.78 is 12.1. The number of aromatic amines is 1. The summed E-state index contributed by atoms with van der Waals surface area (Å²) in [6, 6.07) is 5.95. The van der Waals surface area contributed by atoms with Gasteiger partial charge >= 0.3 is 0 Å². The van der Waals surface area contributed by atoms with Gasteiger partial charge in [0.15, 0.2) is 0 Å². The van der Waals surface area contributed by atoms with Crippen LogP contribution in [0.3, 0.4) is 0 Å². The van der Waals surface area contributed by atoms with Gasteiger partial charge in [-0.1, -0.05) is 11.6 Å². The Bertz CT molecular complexity index is 935. The number of benzene rings is 1. The summed E-state index contributed by atoms with van der Waals surface area (Å²) in [4.78, 5) is 14.6. The van der Waals surface area contributed by atoms with Gasteiger partial charge < -0.3 is 19.8 Å². The third kappa shape index (κ3) is 4.67. The Balaban J connectivity index is 1.10. The molecule has 3 aliphatic rings. The molecule has 7 heteroatoms. The number of hydrogen-bond donors (Lipinski definition) is 3. The van der Waals surface area contributed by atoms with Gasteiger partial charge in [0, 0.05) is 17.6 Å². The van der Waals surface area contributed by atoms with Gasteiger partial charge in [0.2, 0.25) is 0 Å². The summed E-state index contributed by atoms with van der Waals surface area (Å²) in [5.74, 6) is 1.48. The third-order valence-corrected chi connectivity index (χ3v) is 7.10. The van der Waals surface area contributed by atoms with Crippen molar-refractivity contribution < 1.29 is 9.47 Å². The molecule has 1 aromatic carbocycles. The van der Waals surface area contributed by atoms with Crippen molar-refractivity contribution in [2.24, 2.45) is 5.92 Å². The predicted octanol–water partition coefficient (Wildman–Crippen LogP) is 3.58. The van der Waals surface area contributed by atoms with Crippen LogP contribution in [0.1, 0.15) is 44.9 Å². The van der Waals surface area contributed by atoms with Crippen molar-refractivity contribution in [3.63, 3.8) is 0 Å². The molecule has 2 unspecified atom stereocenters. The van der Waals surface area contributed by atoms with E-state index >= 15 is 0 Å². The van der Waals surface area contributed by atoms with E-state index in [0.717, 1.165) is 50.1 Å². The number of ether oxygens (including phenoxy) is 2. The highest BCUT2D eigenvalue weighted by atomic mass is 35.5. The summed E-state index contributed by atoms with van der Waals surface area (Å²) in [6.45, 7) is 2.30. The number of H-pyrrole nitrogens is 1. The van der Waals surface area contributed by atoms with Crippen LogP contribution in [0.15, 0.2) is 29.2 Å². The molecule has 1 aliphatic carbocycles. The zero-order chi connectivity index (χ0) is 20.5. The number of fused-ring (bicyclic) bond motifs is 1.